The molecule has 0 aliphatic heterocycles. The molecule has 0 unspecified atom stereocenters. The number of hydrogen-bond acceptors (Lipinski definition) is 6. The van der Waals surface area contributed by atoms with E-state index < -0.39 is 7.60 Å². The number of nitrogens with zero attached hydrogens (tertiary/aromatic N) is 3. The molecule has 8 heteroatoms. The summed E-state index contributed by atoms with van der Waals surface area (Å²) in [5, 5.41) is 4.26. The van der Waals surface area contributed by atoms with E-state index in [1.54, 1.807) is 18.4 Å². The molecule has 0 saturated carbocycles. The summed E-state index contributed by atoms with van der Waals surface area (Å²) in [7, 11) is -3.41. The van der Waals surface area contributed by atoms with Gasteiger partial charge in [0.2, 0.25) is 4.96 Å². The number of thiazole rings is 1. The summed E-state index contributed by atoms with van der Waals surface area (Å²) < 4.78 is 26.5. The molecule has 3 rings (SSSR count). The summed E-state index contributed by atoms with van der Waals surface area (Å²) >= 11 is 1.29. The molecule has 0 N–H and O–H groups in total. The van der Waals surface area contributed by atoms with Crippen LogP contribution in [0.2, 0.25) is 0 Å². The molecule has 0 atom stereocenters. The third kappa shape index (κ3) is 2.97. The SMILES string of the molecule is CCOP(=O)(OCC)c1sc2ncnn2c1-c1ccc(C)cc1. The molecule has 6 nitrogen and oxygen atoms in total. The lowest BCUT2D eigenvalue weighted by Crippen LogP contribution is -2.11. The molecule has 1 aromatic carbocycles. The Morgan fingerprint density at radius 3 is 2.43 bits per heavy atom. The molecule has 0 spiro atoms. The molecule has 0 saturated heterocycles. The topological polar surface area (TPSA) is 65.7 Å². The van der Waals surface area contributed by atoms with Crippen LogP contribution in [0.1, 0.15) is 19.4 Å². The Balaban J connectivity index is 2.24. The van der Waals surface area contributed by atoms with Gasteiger partial charge < -0.3 is 9.05 Å². The van der Waals surface area contributed by atoms with Crippen molar-refractivity contribution < 1.29 is 13.6 Å². The van der Waals surface area contributed by atoms with E-state index in [-0.39, 0.29) is 0 Å². The molecule has 0 aliphatic carbocycles. The van der Waals surface area contributed by atoms with E-state index in [0.717, 1.165) is 11.1 Å². The van der Waals surface area contributed by atoms with Gasteiger partial charge in [0.15, 0.2) is 0 Å². The first kappa shape index (κ1) is 16.3. The maximum Gasteiger partial charge on any atom is 0.373 e. The van der Waals surface area contributed by atoms with E-state index in [1.165, 1.54) is 17.7 Å². The molecule has 23 heavy (non-hydrogen) atoms. The molecule has 0 fully saturated rings. The lowest BCUT2D eigenvalue weighted by atomic mass is 10.1. The summed E-state index contributed by atoms with van der Waals surface area (Å²) in [6.07, 6.45) is 1.49. The van der Waals surface area contributed by atoms with E-state index in [4.69, 9.17) is 9.05 Å². The number of aromatic nitrogens is 3. The van der Waals surface area contributed by atoms with Crippen molar-refractivity contribution in [2.24, 2.45) is 0 Å². The number of fused-ring (bicyclic) bond motifs is 1. The smallest absolute Gasteiger partial charge is 0.305 e. The van der Waals surface area contributed by atoms with Gasteiger partial charge in [-0.15, -0.1) is 0 Å². The highest BCUT2D eigenvalue weighted by atomic mass is 32.1. The average molecular weight is 351 g/mol. The summed E-state index contributed by atoms with van der Waals surface area (Å²) in [5.74, 6) is 0. The van der Waals surface area contributed by atoms with Crippen LogP contribution in [0.5, 0.6) is 0 Å². The molecule has 2 aromatic heterocycles. The van der Waals surface area contributed by atoms with Crippen LogP contribution < -0.4 is 4.62 Å². The minimum absolute atomic E-state index is 0.304. The number of hydrogen-bond donors (Lipinski definition) is 0. The molecular formula is C15H18N3O3PS. The van der Waals surface area contributed by atoms with Gasteiger partial charge in [-0.2, -0.15) is 5.10 Å². The van der Waals surface area contributed by atoms with Crippen LogP contribution in [0.15, 0.2) is 30.6 Å². The van der Waals surface area contributed by atoms with Gasteiger partial charge in [0, 0.05) is 5.56 Å². The van der Waals surface area contributed by atoms with Gasteiger partial charge in [-0.25, -0.2) is 9.50 Å². The number of benzene rings is 1. The lowest BCUT2D eigenvalue weighted by molar-refractivity contribution is 0.230. The van der Waals surface area contributed by atoms with Crippen LogP contribution in [0, 0.1) is 6.92 Å². The van der Waals surface area contributed by atoms with Gasteiger partial charge in [0.25, 0.3) is 0 Å². The first-order chi connectivity index (χ1) is 11.1. The van der Waals surface area contributed by atoms with Gasteiger partial charge in [-0.1, -0.05) is 41.2 Å². The van der Waals surface area contributed by atoms with Crippen molar-refractivity contribution in [2.75, 3.05) is 13.2 Å². The molecule has 122 valence electrons. The Labute approximate surface area is 138 Å². The van der Waals surface area contributed by atoms with Crippen molar-refractivity contribution in [1.82, 2.24) is 14.6 Å². The predicted molar refractivity (Wildman–Crippen MR) is 91.5 cm³/mol. The number of rotatable bonds is 6. The molecule has 0 radical (unpaired) electrons. The van der Waals surface area contributed by atoms with Crippen LogP contribution in [-0.4, -0.2) is 27.8 Å². The third-order valence-electron chi connectivity index (χ3n) is 3.29. The molecular weight excluding hydrogens is 333 g/mol. The zero-order valence-corrected chi connectivity index (χ0v) is 14.9. The van der Waals surface area contributed by atoms with E-state index >= 15 is 0 Å². The molecule has 0 bridgehead atoms. The van der Waals surface area contributed by atoms with Crippen molar-refractivity contribution in [3.8, 4) is 11.3 Å². The van der Waals surface area contributed by atoms with Gasteiger partial charge in [-0.05, 0) is 20.8 Å². The summed E-state index contributed by atoms with van der Waals surface area (Å²) in [5.41, 5.74) is 2.77. The Kier molecular flexibility index (Phi) is 4.64. The van der Waals surface area contributed by atoms with E-state index in [9.17, 15) is 4.57 Å². The maximum atomic E-state index is 13.2. The van der Waals surface area contributed by atoms with Crippen LogP contribution >= 0.6 is 18.9 Å². The first-order valence-corrected chi connectivity index (χ1v) is 9.74. The minimum atomic E-state index is -3.41. The predicted octanol–water partition coefficient (Wildman–Crippen LogP) is 3.66. The van der Waals surface area contributed by atoms with Crippen LogP contribution in [0.25, 0.3) is 16.2 Å². The third-order valence-corrected chi connectivity index (χ3v) is 6.99. The Morgan fingerprint density at radius 2 is 1.83 bits per heavy atom. The zero-order valence-electron chi connectivity index (χ0n) is 13.2. The summed E-state index contributed by atoms with van der Waals surface area (Å²) in [6.45, 7) is 6.23. The summed E-state index contributed by atoms with van der Waals surface area (Å²) in [4.78, 5) is 4.88. The largest absolute Gasteiger partial charge is 0.373 e. The van der Waals surface area contributed by atoms with Crippen molar-refractivity contribution >= 4 is 28.5 Å². The Hall–Kier alpha value is -1.53. The number of aryl methyl sites for hydroxylation is 1. The van der Waals surface area contributed by atoms with Gasteiger partial charge >= 0.3 is 7.60 Å². The Morgan fingerprint density at radius 1 is 1.17 bits per heavy atom. The second-order valence-corrected chi connectivity index (χ2v) is 8.15. The highest BCUT2D eigenvalue weighted by Gasteiger charge is 2.35. The van der Waals surface area contributed by atoms with Crippen LogP contribution in [0.4, 0.5) is 0 Å². The molecule has 0 aliphatic rings. The van der Waals surface area contributed by atoms with Crippen molar-refractivity contribution in [2.45, 2.75) is 20.8 Å². The van der Waals surface area contributed by atoms with Gasteiger partial charge in [0.1, 0.15) is 16.6 Å². The average Bonchev–Trinajstić information content (AvgIpc) is 3.09. The van der Waals surface area contributed by atoms with Gasteiger partial charge in [0.05, 0.1) is 13.2 Å². The second-order valence-electron chi connectivity index (χ2n) is 4.91. The minimum Gasteiger partial charge on any atom is -0.305 e. The van der Waals surface area contributed by atoms with Crippen molar-refractivity contribution in [3.63, 3.8) is 0 Å². The molecule has 2 heterocycles. The quantitative estimate of drug-likeness (QED) is 0.634. The standard InChI is InChI=1S/C15H18N3O3PS/c1-4-20-22(19,21-5-2)14-13(12-8-6-11(3)7-9-12)18-15(23-14)16-10-17-18/h6-10H,4-5H2,1-3H3. The zero-order chi connectivity index (χ0) is 16.4. The fourth-order valence-electron chi connectivity index (χ4n) is 2.32. The highest BCUT2D eigenvalue weighted by molar-refractivity contribution is 7.69. The summed E-state index contributed by atoms with van der Waals surface area (Å²) in [6, 6.07) is 7.96. The van der Waals surface area contributed by atoms with E-state index in [2.05, 4.69) is 10.1 Å². The van der Waals surface area contributed by atoms with Crippen molar-refractivity contribution in [1.29, 1.82) is 0 Å². The molecule has 3 aromatic rings. The monoisotopic (exact) mass is 351 g/mol. The fourth-order valence-corrected chi connectivity index (χ4v) is 5.60. The van der Waals surface area contributed by atoms with E-state index in [1.807, 2.05) is 31.2 Å². The van der Waals surface area contributed by atoms with E-state index in [0.29, 0.717) is 28.5 Å². The van der Waals surface area contributed by atoms with Gasteiger partial charge in [-0.3, -0.25) is 4.57 Å². The van der Waals surface area contributed by atoms with Crippen LogP contribution in [0.3, 0.4) is 0 Å². The first-order valence-electron chi connectivity index (χ1n) is 7.38. The molecule has 0 amide bonds. The van der Waals surface area contributed by atoms with Crippen molar-refractivity contribution in [3.05, 3.63) is 36.2 Å². The maximum absolute atomic E-state index is 13.2. The lowest BCUT2D eigenvalue weighted by Gasteiger charge is -2.16. The van der Waals surface area contributed by atoms with Crippen LogP contribution in [-0.2, 0) is 13.6 Å². The fraction of sp³-hybridized carbons (Fsp3) is 0.333. The normalized spacial score (nSPS) is 12.1. The highest BCUT2D eigenvalue weighted by Crippen LogP contribution is 2.51. The Bertz CT molecular complexity index is 847. The second kappa shape index (κ2) is 6.53.